The van der Waals surface area contributed by atoms with Crippen LogP contribution in [-0.4, -0.2) is 24.4 Å². The largest absolute Gasteiger partial charge is 0.387 e. The van der Waals surface area contributed by atoms with E-state index in [-0.39, 0.29) is 29.0 Å². The zero-order valence-electron chi connectivity index (χ0n) is 10.6. The van der Waals surface area contributed by atoms with Crippen molar-refractivity contribution in [2.45, 2.75) is 25.9 Å². The van der Waals surface area contributed by atoms with Gasteiger partial charge in [0.25, 0.3) is 0 Å². The molecule has 0 aliphatic carbocycles. The van der Waals surface area contributed by atoms with E-state index in [2.05, 4.69) is 15.9 Å². The molecular formula is C13H17BrF2O2. The highest BCUT2D eigenvalue weighted by Gasteiger charge is 2.33. The van der Waals surface area contributed by atoms with Crippen molar-refractivity contribution in [3.05, 3.63) is 33.8 Å². The van der Waals surface area contributed by atoms with E-state index in [9.17, 15) is 13.9 Å². The first-order chi connectivity index (χ1) is 8.31. The SMILES string of the molecule is COCC(O)(Cc1c(F)ccc(Br)c1F)C(C)C. The number of hydrogen-bond donors (Lipinski definition) is 1. The van der Waals surface area contributed by atoms with Crippen LogP contribution in [-0.2, 0) is 11.2 Å². The van der Waals surface area contributed by atoms with Crippen molar-refractivity contribution < 1.29 is 18.6 Å². The van der Waals surface area contributed by atoms with E-state index in [1.54, 1.807) is 13.8 Å². The van der Waals surface area contributed by atoms with Crippen molar-refractivity contribution in [3.8, 4) is 0 Å². The quantitative estimate of drug-likeness (QED) is 0.843. The molecular weight excluding hydrogens is 306 g/mol. The number of benzene rings is 1. The molecule has 0 heterocycles. The van der Waals surface area contributed by atoms with E-state index in [4.69, 9.17) is 4.74 Å². The predicted octanol–water partition coefficient (Wildman–Crippen LogP) is 3.30. The minimum absolute atomic E-state index is 0.0239. The molecule has 0 aliphatic rings. The van der Waals surface area contributed by atoms with Crippen molar-refractivity contribution >= 4 is 15.9 Å². The first kappa shape index (κ1) is 15.5. The lowest BCUT2D eigenvalue weighted by atomic mass is 9.84. The van der Waals surface area contributed by atoms with E-state index in [1.807, 2.05) is 0 Å². The maximum absolute atomic E-state index is 13.9. The fourth-order valence-electron chi connectivity index (χ4n) is 1.71. The number of aliphatic hydroxyl groups is 1. The molecule has 0 saturated carbocycles. The Balaban J connectivity index is 3.12. The average molecular weight is 323 g/mol. The van der Waals surface area contributed by atoms with Gasteiger partial charge in [0.2, 0.25) is 0 Å². The Morgan fingerprint density at radius 1 is 1.39 bits per heavy atom. The first-order valence-electron chi connectivity index (χ1n) is 5.65. The molecule has 102 valence electrons. The Labute approximate surface area is 114 Å². The van der Waals surface area contributed by atoms with Crippen LogP contribution in [0.4, 0.5) is 8.78 Å². The average Bonchev–Trinajstić information content (AvgIpc) is 2.30. The standard InChI is InChI=1S/C13H17BrF2O2/c1-8(2)13(17,7-18-3)6-9-11(15)5-4-10(14)12(9)16/h4-5,8,17H,6-7H2,1-3H3. The molecule has 0 saturated heterocycles. The van der Waals surface area contributed by atoms with E-state index in [0.29, 0.717) is 0 Å². The van der Waals surface area contributed by atoms with Gasteiger partial charge in [-0.2, -0.15) is 0 Å². The molecule has 1 aromatic carbocycles. The molecule has 1 rings (SSSR count). The van der Waals surface area contributed by atoms with Crippen molar-refractivity contribution in [3.63, 3.8) is 0 Å². The lowest BCUT2D eigenvalue weighted by molar-refractivity contribution is -0.0646. The van der Waals surface area contributed by atoms with Crippen LogP contribution in [0.3, 0.4) is 0 Å². The van der Waals surface area contributed by atoms with Gasteiger partial charge >= 0.3 is 0 Å². The summed E-state index contributed by atoms with van der Waals surface area (Å²) in [5.74, 6) is -1.52. The lowest BCUT2D eigenvalue weighted by Gasteiger charge is -2.31. The minimum atomic E-state index is -1.29. The van der Waals surface area contributed by atoms with Gasteiger partial charge in [-0.15, -0.1) is 0 Å². The maximum atomic E-state index is 13.9. The van der Waals surface area contributed by atoms with Gasteiger partial charge in [0.15, 0.2) is 0 Å². The summed E-state index contributed by atoms with van der Waals surface area (Å²) in [6.45, 7) is 3.59. The van der Waals surface area contributed by atoms with Crippen molar-refractivity contribution in [1.29, 1.82) is 0 Å². The van der Waals surface area contributed by atoms with Gasteiger partial charge in [0.1, 0.15) is 11.6 Å². The highest BCUT2D eigenvalue weighted by molar-refractivity contribution is 9.10. The monoisotopic (exact) mass is 322 g/mol. The second kappa shape index (κ2) is 6.08. The Morgan fingerprint density at radius 2 is 2.00 bits per heavy atom. The van der Waals surface area contributed by atoms with Crippen molar-refractivity contribution in [2.24, 2.45) is 5.92 Å². The predicted molar refractivity (Wildman–Crippen MR) is 69.4 cm³/mol. The Kier molecular flexibility index (Phi) is 5.25. The Morgan fingerprint density at radius 3 is 2.50 bits per heavy atom. The molecule has 0 bridgehead atoms. The second-order valence-corrected chi connectivity index (χ2v) is 5.54. The van der Waals surface area contributed by atoms with Gasteiger partial charge in [-0.1, -0.05) is 13.8 Å². The molecule has 18 heavy (non-hydrogen) atoms. The van der Waals surface area contributed by atoms with E-state index in [0.717, 1.165) is 0 Å². The molecule has 1 N–H and O–H groups in total. The summed E-state index contributed by atoms with van der Waals surface area (Å²) in [5, 5.41) is 10.4. The maximum Gasteiger partial charge on any atom is 0.143 e. The van der Waals surface area contributed by atoms with Gasteiger partial charge in [-0.05, 0) is 34.0 Å². The highest BCUT2D eigenvalue weighted by atomic mass is 79.9. The molecule has 0 aromatic heterocycles. The van der Waals surface area contributed by atoms with E-state index in [1.165, 1.54) is 19.2 Å². The molecule has 0 amide bonds. The third kappa shape index (κ3) is 3.28. The zero-order chi connectivity index (χ0) is 13.9. The molecule has 0 radical (unpaired) electrons. The molecule has 0 aliphatic heterocycles. The third-order valence-corrected chi connectivity index (χ3v) is 3.70. The molecule has 2 nitrogen and oxygen atoms in total. The summed E-state index contributed by atoms with van der Waals surface area (Å²) in [7, 11) is 1.45. The van der Waals surface area contributed by atoms with Crippen LogP contribution < -0.4 is 0 Å². The van der Waals surface area contributed by atoms with Gasteiger partial charge in [-0.25, -0.2) is 8.78 Å². The summed E-state index contributed by atoms with van der Waals surface area (Å²) < 4.78 is 32.6. The molecule has 1 unspecified atom stereocenters. The fourth-order valence-corrected chi connectivity index (χ4v) is 2.08. The molecule has 0 spiro atoms. The Hall–Kier alpha value is -0.520. The van der Waals surface area contributed by atoms with Gasteiger partial charge in [0, 0.05) is 19.1 Å². The number of halogens is 3. The van der Waals surface area contributed by atoms with E-state index >= 15 is 0 Å². The van der Waals surface area contributed by atoms with Crippen LogP contribution >= 0.6 is 15.9 Å². The second-order valence-electron chi connectivity index (χ2n) is 4.69. The topological polar surface area (TPSA) is 29.5 Å². The fraction of sp³-hybridized carbons (Fsp3) is 0.538. The summed E-state index contributed by atoms with van der Waals surface area (Å²) in [6, 6.07) is 2.48. The van der Waals surface area contributed by atoms with Crippen molar-refractivity contribution in [2.75, 3.05) is 13.7 Å². The van der Waals surface area contributed by atoms with Gasteiger partial charge in [-0.3, -0.25) is 0 Å². The summed E-state index contributed by atoms with van der Waals surface area (Å²) >= 11 is 3.01. The molecule has 5 heteroatoms. The normalized spacial score (nSPS) is 14.9. The van der Waals surface area contributed by atoms with Crippen LogP contribution in [0.25, 0.3) is 0 Å². The molecule has 0 fully saturated rings. The van der Waals surface area contributed by atoms with Gasteiger partial charge < -0.3 is 9.84 Å². The van der Waals surface area contributed by atoms with E-state index < -0.39 is 17.2 Å². The van der Waals surface area contributed by atoms with Crippen LogP contribution in [0, 0.1) is 17.6 Å². The van der Waals surface area contributed by atoms with Crippen LogP contribution in [0.15, 0.2) is 16.6 Å². The van der Waals surface area contributed by atoms with Crippen LogP contribution in [0.5, 0.6) is 0 Å². The molecule has 1 atom stereocenters. The van der Waals surface area contributed by atoms with Crippen LogP contribution in [0.1, 0.15) is 19.4 Å². The molecule has 1 aromatic rings. The smallest absolute Gasteiger partial charge is 0.143 e. The van der Waals surface area contributed by atoms with Crippen LogP contribution in [0.2, 0.25) is 0 Å². The van der Waals surface area contributed by atoms with Gasteiger partial charge in [0.05, 0.1) is 16.7 Å². The van der Waals surface area contributed by atoms with Crippen molar-refractivity contribution in [1.82, 2.24) is 0 Å². The number of ether oxygens (including phenoxy) is 1. The highest BCUT2D eigenvalue weighted by Crippen LogP contribution is 2.28. The summed E-state index contributed by atoms with van der Waals surface area (Å²) in [4.78, 5) is 0. The zero-order valence-corrected chi connectivity index (χ0v) is 12.2. The lowest BCUT2D eigenvalue weighted by Crippen LogP contribution is -2.42. The number of hydrogen-bond acceptors (Lipinski definition) is 2. The number of methoxy groups -OCH3 is 1. The Bertz CT molecular complexity index is 424. The summed E-state index contributed by atoms with van der Waals surface area (Å²) in [6.07, 6.45) is -0.129. The number of rotatable bonds is 5. The first-order valence-corrected chi connectivity index (χ1v) is 6.45. The summed E-state index contributed by atoms with van der Waals surface area (Å²) in [5.41, 5.74) is -1.42. The minimum Gasteiger partial charge on any atom is -0.387 e. The third-order valence-electron chi connectivity index (χ3n) is 3.09.